The summed E-state index contributed by atoms with van der Waals surface area (Å²) in [5.41, 5.74) is 5.70. The van der Waals surface area contributed by atoms with Crippen LogP contribution >= 0.6 is 11.3 Å². The maximum Gasteiger partial charge on any atom is 0.233 e. The molecule has 1 aromatic heterocycles. The van der Waals surface area contributed by atoms with Gasteiger partial charge in [0.2, 0.25) is 5.91 Å². The number of thiazole rings is 1. The van der Waals surface area contributed by atoms with E-state index in [2.05, 4.69) is 56.0 Å². The average Bonchev–Trinajstić information content (AvgIpc) is 3.17. The number of anilines is 1. The fourth-order valence-electron chi connectivity index (χ4n) is 3.92. The van der Waals surface area contributed by atoms with Crippen LogP contribution in [0.1, 0.15) is 28.7 Å². The van der Waals surface area contributed by atoms with Crippen LogP contribution in [0.2, 0.25) is 0 Å². The summed E-state index contributed by atoms with van der Waals surface area (Å²) in [5.74, 6) is 0.112. The summed E-state index contributed by atoms with van der Waals surface area (Å²) in [6, 6.07) is 12.6. The minimum absolute atomic E-state index is 0.112. The molecule has 0 bridgehead atoms. The monoisotopic (exact) mass is 437 g/mol. The van der Waals surface area contributed by atoms with Crippen LogP contribution in [0.25, 0.3) is 10.2 Å². The van der Waals surface area contributed by atoms with Crippen molar-refractivity contribution in [1.82, 2.24) is 9.88 Å². The number of hydrogen-bond acceptors (Lipinski definition) is 5. The highest BCUT2D eigenvalue weighted by molar-refractivity contribution is 7.22. The Morgan fingerprint density at radius 3 is 2.68 bits per heavy atom. The second kappa shape index (κ2) is 9.90. The number of nitrogens with zero attached hydrogens (tertiary/aromatic N) is 3. The zero-order valence-corrected chi connectivity index (χ0v) is 19.5. The van der Waals surface area contributed by atoms with E-state index >= 15 is 0 Å². The fraction of sp³-hybridized carbons (Fsp3) is 0.440. The van der Waals surface area contributed by atoms with Crippen LogP contribution < -0.4 is 4.90 Å². The molecular weight excluding hydrogens is 406 g/mol. The third-order valence-corrected chi connectivity index (χ3v) is 6.99. The second-order valence-corrected chi connectivity index (χ2v) is 9.43. The first-order valence-corrected chi connectivity index (χ1v) is 11.8. The largest absolute Gasteiger partial charge is 0.379 e. The number of fused-ring (bicyclic) bond motifs is 1. The molecule has 3 aromatic rings. The summed E-state index contributed by atoms with van der Waals surface area (Å²) in [7, 11) is 0. The normalized spacial score (nSPS) is 14.8. The van der Waals surface area contributed by atoms with Gasteiger partial charge in [0.25, 0.3) is 0 Å². The van der Waals surface area contributed by atoms with E-state index in [9.17, 15) is 4.79 Å². The second-order valence-electron chi connectivity index (χ2n) is 8.42. The predicted octanol–water partition coefficient (Wildman–Crippen LogP) is 4.52. The van der Waals surface area contributed by atoms with Crippen molar-refractivity contribution >= 4 is 32.6 Å². The minimum atomic E-state index is 0.112. The Morgan fingerprint density at radius 2 is 1.90 bits per heavy atom. The summed E-state index contributed by atoms with van der Waals surface area (Å²) < 4.78 is 6.58. The fourth-order valence-corrected chi connectivity index (χ4v) is 5.03. The van der Waals surface area contributed by atoms with Crippen molar-refractivity contribution in [1.29, 1.82) is 0 Å². The molecule has 1 amide bonds. The smallest absolute Gasteiger partial charge is 0.233 e. The van der Waals surface area contributed by atoms with Crippen LogP contribution in [0.5, 0.6) is 0 Å². The van der Waals surface area contributed by atoms with Gasteiger partial charge in [-0.3, -0.25) is 14.6 Å². The van der Waals surface area contributed by atoms with Crippen LogP contribution in [-0.4, -0.2) is 55.2 Å². The molecule has 6 heteroatoms. The van der Waals surface area contributed by atoms with E-state index in [1.165, 1.54) is 16.7 Å². The van der Waals surface area contributed by atoms with Crippen molar-refractivity contribution in [3.8, 4) is 0 Å². The average molecular weight is 438 g/mol. The highest BCUT2D eigenvalue weighted by atomic mass is 32.1. The van der Waals surface area contributed by atoms with Gasteiger partial charge in [-0.2, -0.15) is 0 Å². The van der Waals surface area contributed by atoms with E-state index < -0.39 is 0 Å². The van der Waals surface area contributed by atoms with E-state index in [0.717, 1.165) is 60.2 Å². The van der Waals surface area contributed by atoms with Crippen molar-refractivity contribution in [2.24, 2.45) is 0 Å². The Bertz CT molecular complexity index is 1060. The Hall–Kier alpha value is -2.28. The molecule has 1 aliphatic heterocycles. The topological polar surface area (TPSA) is 45.7 Å². The molecule has 4 rings (SSSR count). The lowest BCUT2D eigenvalue weighted by Crippen LogP contribution is -2.39. The highest BCUT2D eigenvalue weighted by Crippen LogP contribution is 2.30. The molecule has 0 aliphatic carbocycles. The van der Waals surface area contributed by atoms with Gasteiger partial charge in [0, 0.05) is 26.2 Å². The summed E-state index contributed by atoms with van der Waals surface area (Å²) in [5, 5.41) is 0.802. The van der Waals surface area contributed by atoms with Crippen LogP contribution in [-0.2, 0) is 16.0 Å². The van der Waals surface area contributed by atoms with Crippen molar-refractivity contribution in [3.63, 3.8) is 0 Å². The van der Waals surface area contributed by atoms with Gasteiger partial charge in [0.05, 0.1) is 29.9 Å². The Labute approximate surface area is 188 Å². The number of rotatable bonds is 7. The molecule has 2 aromatic carbocycles. The molecule has 31 heavy (non-hydrogen) atoms. The SMILES string of the molecule is Cc1ccc2nc(N(CCCN3CCOCC3)C(=O)Cc3ccc(C)c(C)c3)sc2c1. The molecule has 0 radical (unpaired) electrons. The highest BCUT2D eigenvalue weighted by Gasteiger charge is 2.21. The minimum Gasteiger partial charge on any atom is -0.379 e. The van der Waals surface area contributed by atoms with Crippen LogP contribution in [0, 0.1) is 20.8 Å². The van der Waals surface area contributed by atoms with Gasteiger partial charge in [0.1, 0.15) is 0 Å². The zero-order valence-electron chi connectivity index (χ0n) is 18.7. The van der Waals surface area contributed by atoms with Gasteiger partial charge in [-0.1, -0.05) is 35.6 Å². The molecule has 0 atom stereocenters. The number of carbonyl (C=O) groups is 1. The molecule has 2 heterocycles. The van der Waals surface area contributed by atoms with Crippen molar-refractivity contribution < 1.29 is 9.53 Å². The first-order valence-electron chi connectivity index (χ1n) is 11.0. The number of hydrogen-bond donors (Lipinski definition) is 0. The maximum atomic E-state index is 13.4. The van der Waals surface area contributed by atoms with Crippen molar-refractivity contribution in [2.45, 2.75) is 33.6 Å². The number of amides is 1. The number of morpholine rings is 1. The van der Waals surface area contributed by atoms with Gasteiger partial charge >= 0.3 is 0 Å². The third kappa shape index (κ3) is 5.50. The van der Waals surface area contributed by atoms with Crippen LogP contribution in [0.4, 0.5) is 5.13 Å². The first kappa shape index (κ1) is 21.9. The number of benzene rings is 2. The van der Waals surface area contributed by atoms with Crippen LogP contribution in [0.3, 0.4) is 0 Å². The van der Waals surface area contributed by atoms with Crippen LogP contribution in [0.15, 0.2) is 36.4 Å². The Morgan fingerprint density at radius 1 is 1.10 bits per heavy atom. The lowest BCUT2D eigenvalue weighted by atomic mass is 10.0. The summed E-state index contributed by atoms with van der Waals surface area (Å²) in [6.45, 7) is 11.5. The molecule has 1 fully saturated rings. The van der Waals surface area contributed by atoms with Gasteiger partial charge in [-0.25, -0.2) is 4.98 Å². The van der Waals surface area contributed by atoms with Gasteiger partial charge in [-0.05, 0) is 61.6 Å². The van der Waals surface area contributed by atoms with E-state index in [1.54, 1.807) is 11.3 Å². The lowest BCUT2D eigenvalue weighted by Gasteiger charge is -2.27. The lowest BCUT2D eigenvalue weighted by molar-refractivity contribution is -0.118. The third-order valence-electron chi connectivity index (χ3n) is 5.95. The summed E-state index contributed by atoms with van der Waals surface area (Å²) >= 11 is 1.61. The Balaban J connectivity index is 1.52. The number of ether oxygens (including phenoxy) is 1. The Kier molecular flexibility index (Phi) is 7.00. The summed E-state index contributed by atoms with van der Waals surface area (Å²) in [6.07, 6.45) is 1.32. The number of aryl methyl sites for hydroxylation is 3. The molecule has 1 aliphatic rings. The molecule has 1 saturated heterocycles. The number of carbonyl (C=O) groups excluding carboxylic acids is 1. The van der Waals surface area contributed by atoms with Gasteiger partial charge in [-0.15, -0.1) is 0 Å². The van der Waals surface area contributed by atoms with E-state index in [1.807, 2.05) is 11.0 Å². The standard InChI is InChI=1S/C25H31N3O2S/c1-18-5-8-22-23(15-18)31-25(26-22)28(10-4-9-27-11-13-30-14-12-27)24(29)17-21-7-6-19(2)20(3)16-21/h5-8,15-16H,4,9-14,17H2,1-3H3. The first-order chi connectivity index (χ1) is 15.0. The maximum absolute atomic E-state index is 13.4. The van der Waals surface area contributed by atoms with Crippen molar-refractivity contribution in [3.05, 3.63) is 58.7 Å². The molecular formula is C25H31N3O2S. The predicted molar refractivity (Wildman–Crippen MR) is 128 cm³/mol. The summed E-state index contributed by atoms with van der Waals surface area (Å²) in [4.78, 5) is 22.5. The van der Waals surface area contributed by atoms with E-state index in [-0.39, 0.29) is 5.91 Å². The van der Waals surface area contributed by atoms with Crippen molar-refractivity contribution in [2.75, 3.05) is 44.3 Å². The quantitative estimate of drug-likeness (QED) is 0.545. The molecule has 0 spiro atoms. The molecule has 0 N–H and O–H groups in total. The molecule has 0 unspecified atom stereocenters. The molecule has 164 valence electrons. The van der Waals surface area contributed by atoms with E-state index in [4.69, 9.17) is 9.72 Å². The van der Waals surface area contributed by atoms with Gasteiger partial charge < -0.3 is 4.74 Å². The van der Waals surface area contributed by atoms with E-state index in [0.29, 0.717) is 13.0 Å². The molecule has 0 saturated carbocycles. The molecule has 5 nitrogen and oxygen atoms in total. The zero-order chi connectivity index (χ0) is 21.8. The van der Waals surface area contributed by atoms with Gasteiger partial charge in [0.15, 0.2) is 5.13 Å². The number of aromatic nitrogens is 1.